The molecule has 0 unspecified atom stereocenters. The van der Waals surface area contributed by atoms with Crippen LogP contribution >= 0.6 is 0 Å². The molecule has 0 nitrogen and oxygen atoms in total. The molecule has 0 aromatic carbocycles. The molecule has 1 heteroatoms. The summed E-state index contributed by atoms with van der Waals surface area (Å²) in [6.45, 7) is 18.4. The summed E-state index contributed by atoms with van der Waals surface area (Å²) < 4.78 is 0. The van der Waals surface area contributed by atoms with Crippen molar-refractivity contribution in [2.75, 3.05) is 0 Å². The van der Waals surface area contributed by atoms with Crippen LogP contribution in [0.25, 0.3) is 0 Å². The number of hydrogen-bond donors (Lipinski definition) is 0. The second-order valence-electron chi connectivity index (χ2n) is 7.31. The van der Waals surface area contributed by atoms with Crippen LogP contribution in [0.4, 0.5) is 0 Å². The van der Waals surface area contributed by atoms with Gasteiger partial charge in [0.2, 0.25) is 0 Å². The topological polar surface area (TPSA) is 0 Å². The van der Waals surface area contributed by atoms with E-state index in [0.29, 0.717) is 16.9 Å². The Morgan fingerprint density at radius 1 is 1.35 bits per heavy atom. The van der Waals surface area contributed by atoms with Gasteiger partial charge in [0, 0.05) is 11.5 Å². The van der Waals surface area contributed by atoms with Gasteiger partial charge in [0.25, 0.3) is 0 Å². The molecule has 0 amide bonds. The Kier molecular flexibility index (Phi) is 4.31. The van der Waals surface area contributed by atoms with Crippen molar-refractivity contribution in [3.05, 3.63) is 12.2 Å². The molecule has 96 valence electrons. The van der Waals surface area contributed by atoms with Crippen LogP contribution in [0.1, 0.15) is 40.0 Å². The van der Waals surface area contributed by atoms with E-state index >= 15 is 0 Å². The van der Waals surface area contributed by atoms with Crippen LogP contribution in [0.5, 0.6) is 0 Å². The maximum Gasteiger partial charge on any atom is 0.0609 e. The summed E-state index contributed by atoms with van der Waals surface area (Å²) in [6, 6.07) is 0. The van der Waals surface area contributed by atoms with E-state index in [-0.39, 0.29) is 0 Å². The molecule has 1 rings (SSSR count). The van der Waals surface area contributed by atoms with E-state index in [1.54, 1.807) is 0 Å². The molecular formula is C16H28Si. The quantitative estimate of drug-likeness (QED) is 0.344. The summed E-state index contributed by atoms with van der Waals surface area (Å²) in [5, 5.41) is 0. The molecule has 1 saturated carbocycles. The summed E-state index contributed by atoms with van der Waals surface area (Å²) in [5.41, 5.74) is 2.26. The Morgan fingerprint density at radius 3 is 2.41 bits per heavy atom. The first-order chi connectivity index (χ1) is 7.64. The third-order valence-electron chi connectivity index (χ3n) is 4.25. The Labute approximate surface area is 109 Å². The highest BCUT2D eigenvalue weighted by Crippen LogP contribution is 2.42. The van der Waals surface area contributed by atoms with Gasteiger partial charge in [0.15, 0.2) is 0 Å². The summed E-state index contributed by atoms with van der Waals surface area (Å²) >= 11 is 0. The Bertz CT molecular complexity index is 346. The van der Waals surface area contributed by atoms with Crippen molar-refractivity contribution in [3.63, 3.8) is 0 Å². The molecule has 0 radical (unpaired) electrons. The predicted octanol–water partition coefficient (Wildman–Crippen LogP) is 5.10. The molecule has 0 saturated heterocycles. The fraction of sp³-hybridized carbons (Fsp3) is 0.750. The van der Waals surface area contributed by atoms with Gasteiger partial charge in [-0.2, -0.15) is 0 Å². The zero-order valence-electron chi connectivity index (χ0n) is 12.5. The Morgan fingerprint density at radius 2 is 1.94 bits per heavy atom. The maximum absolute atomic E-state index is 4.24. The average molecular weight is 248 g/mol. The van der Waals surface area contributed by atoms with E-state index in [1.807, 2.05) is 0 Å². The Hall–Kier alpha value is -0.483. The van der Waals surface area contributed by atoms with Crippen molar-refractivity contribution >= 4 is 8.07 Å². The summed E-state index contributed by atoms with van der Waals surface area (Å²) in [4.78, 5) is 0. The Balaban J connectivity index is 2.85. The number of rotatable bonds is 1. The first-order valence-corrected chi connectivity index (χ1v) is 10.4. The molecule has 17 heavy (non-hydrogen) atoms. The van der Waals surface area contributed by atoms with E-state index in [0.717, 1.165) is 0 Å². The fourth-order valence-electron chi connectivity index (χ4n) is 2.33. The van der Waals surface area contributed by atoms with E-state index in [4.69, 9.17) is 0 Å². The molecule has 0 bridgehead atoms. The SMILES string of the molecule is C=C1CCCC(C)(C)[C@H]1C#C[C@@H](C)[Si](C)(C)C. The van der Waals surface area contributed by atoms with Gasteiger partial charge in [-0.1, -0.05) is 58.5 Å². The zero-order chi connectivity index (χ0) is 13.3. The van der Waals surface area contributed by atoms with Gasteiger partial charge in [-0.25, -0.2) is 0 Å². The largest absolute Gasteiger partial charge is 0.103 e. The van der Waals surface area contributed by atoms with Gasteiger partial charge in [0.1, 0.15) is 0 Å². The van der Waals surface area contributed by atoms with Crippen LogP contribution in [-0.2, 0) is 0 Å². The fourth-order valence-corrected chi connectivity index (χ4v) is 2.85. The molecule has 0 aromatic rings. The molecule has 1 aliphatic carbocycles. The first-order valence-electron chi connectivity index (χ1n) is 6.83. The highest BCUT2D eigenvalue weighted by molar-refractivity contribution is 6.78. The molecule has 0 spiro atoms. The van der Waals surface area contributed by atoms with Crippen LogP contribution < -0.4 is 0 Å². The molecule has 0 N–H and O–H groups in total. The highest BCUT2D eigenvalue weighted by atomic mass is 28.3. The lowest BCUT2D eigenvalue weighted by Crippen LogP contribution is -2.29. The van der Waals surface area contributed by atoms with Crippen molar-refractivity contribution in [3.8, 4) is 11.8 Å². The van der Waals surface area contributed by atoms with Gasteiger partial charge in [-0.05, 0) is 24.7 Å². The zero-order valence-corrected chi connectivity index (χ0v) is 13.5. The lowest BCUT2D eigenvalue weighted by Gasteiger charge is -2.37. The molecule has 1 aliphatic rings. The second-order valence-corrected chi connectivity index (χ2v) is 12.9. The summed E-state index contributed by atoms with van der Waals surface area (Å²) in [6.07, 6.45) is 3.74. The monoisotopic (exact) mass is 248 g/mol. The minimum Gasteiger partial charge on any atom is -0.103 e. The number of hydrogen-bond acceptors (Lipinski definition) is 0. The minimum atomic E-state index is -1.12. The van der Waals surface area contributed by atoms with Crippen molar-refractivity contribution in [2.45, 2.75) is 65.2 Å². The van der Waals surface area contributed by atoms with Gasteiger partial charge < -0.3 is 0 Å². The van der Waals surface area contributed by atoms with Gasteiger partial charge in [-0.15, -0.1) is 5.92 Å². The third kappa shape index (κ3) is 3.74. The van der Waals surface area contributed by atoms with Gasteiger partial charge in [0.05, 0.1) is 8.07 Å². The van der Waals surface area contributed by atoms with E-state index in [2.05, 4.69) is 58.8 Å². The van der Waals surface area contributed by atoms with Crippen molar-refractivity contribution in [1.82, 2.24) is 0 Å². The van der Waals surface area contributed by atoms with E-state index < -0.39 is 8.07 Å². The van der Waals surface area contributed by atoms with E-state index in [1.165, 1.54) is 24.8 Å². The predicted molar refractivity (Wildman–Crippen MR) is 80.8 cm³/mol. The lowest BCUT2D eigenvalue weighted by molar-refractivity contribution is 0.235. The van der Waals surface area contributed by atoms with Crippen molar-refractivity contribution in [2.24, 2.45) is 11.3 Å². The second kappa shape index (κ2) is 5.02. The van der Waals surface area contributed by atoms with Gasteiger partial charge >= 0.3 is 0 Å². The van der Waals surface area contributed by atoms with Crippen LogP contribution in [0.2, 0.25) is 25.2 Å². The van der Waals surface area contributed by atoms with Gasteiger partial charge in [-0.3, -0.25) is 0 Å². The third-order valence-corrected chi connectivity index (χ3v) is 6.99. The highest BCUT2D eigenvalue weighted by Gasteiger charge is 2.33. The van der Waals surface area contributed by atoms with Crippen molar-refractivity contribution in [1.29, 1.82) is 0 Å². The molecule has 0 aromatic heterocycles. The lowest BCUT2D eigenvalue weighted by atomic mass is 9.67. The van der Waals surface area contributed by atoms with Crippen LogP contribution in [0.3, 0.4) is 0 Å². The normalized spacial score (nSPS) is 26.0. The molecule has 2 atom stereocenters. The van der Waals surface area contributed by atoms with E-state index in [9.17, 15) is 0 Å². The number of allylic oxidation sites excluding steroid dienone is 1. The van der Waals surface area contributed by atoms with Crippen LogP contribution in [0.15, 0.2) is 12.2 Å². The average Bonchev–Trinajstić information content (AvgIpc) is 2.14. The summed E-state index contributed by atoms with van der Waals surface area (Å²) in [7, 11) is -1.12. The summed E-state index contributed by atoms with van der Waals surface area (Å²) in [5.74, 6) is 7.49. The molecule has 1 fully saturated rings. The molecule has 0 aliphatic heterocycles. The van der Waals surface area contributed by atoms with Crippen LogP contribution in [-0.4, -0.2) is 8.07 Å². The first kappa shape index (κ1) is 14.6. The van der Waals surface area contributed by atoms with Crippen molar-refractivity contribution < 1.29 is 0 Å². The van der Waals surface area contributed by atoms with Crippen LogP contribution in [0, 0.1) is 23.2 Å². The molecular weight excluding hydrogens is 220 g/mol. The molecule has 0 heterocycles. The maximum atomic E-state index is 4.24. The minimum absolute atomic E-state index is 0.321. The standard InChI is InChI=1S/C16H28Si/c1-13-9-8-12-16(3,4)15(13)11-10-14(2)17(5,6)7/h14-15H,1,8-9,12H2,2-7H3/t14-,15+/m1/s1. The smallest absolute Gasteiger partial charge is 0.0609 e.